The predicted octanol–water partition coefficient (Wildman–Crippen LogP) is 4.88. The van der Waals surface area contributed by atoms with Crippen LogP contribution in [0, 0.1) is 24.1 Å². The fourth-order valence-electron chi connectivity index (χ4n) is 9.89. The number of hydrogen-bond acceptors (Lipinski definition) is 12. The minimum absolute atomic E-state index is 0.0843. The predicted molar refractivity (Wildman–Crippen MR) is 214 cm³/mol. The van der Waals surface area contributed by atoms with Gasteiger partial charge < -0.3 is 24.6 Å². The molecule has 1 atom stereocenters. The zero-order chi connectivity index (χ0) is 40.6. The van der Waals surface area contributed by atoms with Crippen molar-refractivity contribution in [3.8, 4) is 17.0 Å². The van der Waals surface area contributed by atoms with Gasteiger partial charge in [-0.05, 0) is 92.3 Å². The lowest BCUT2D eigenvalue weighted by Crippen LogP contribution is -2.65. The fraction of sp³-hybridized carbons (Fsp3) is 0.419. The Morgan fingerprint density at radius 2 is 1.75 bits per heavy atom. The number of piperidine rings is 2. The molecule has 0 radical (unpaired) electrons. The number of aromatic nitrogens is 2. The molecule has 15 nitrogen and oxygen atoms in total. The number of hydrogen-bond donors (Lipinski definition) is 3. The first-order chi connectivity index (χ1) is 28.5. The van der Waals surface area contributed by atoms with Crippen molar-refractivity contribution in [1.82, 2.24) is 25.1 Å². The molecule has 3 N–H and O–H groups in total. The maximum Gasteiger partial charge on any atom is 0.413 e. The van der Waals surface area contributed by atoms with Crippen LogP contribution in [0.2, 0.25) is 0 Å². The molecule has 0 bridgehead atoms. The van der Waals surface area contributed by atoms with Crippen LogP contribution in [0.15, 0.2) is 48.8 Å². The molecule has 4 fully saturated rings. The molecule has 1 aliphatic carbocycles. The number of anilines is 3. The number of likely N-dealkylation sites (tertiary alicyclic amines) is 1. The van der Waals surface area contributed by atoms with Gasteiger partial charge in [-0.25, -0.2) is 19.2 Å². The molecular formula is C43H43FN8O7. The van der Waals surface area contributed by atoms with Gasteiger partial charge in [0.1, 0.15) is 36.1 Å². The summed E-state index contributed by atoms with van der Waals surface area (Å²) in [7, 11) is 0. The summed E-state index contributed by atoms with van der Waals surface area (Å²) in [4.78, 5) is 77.8. The van der Waals surface area contributed by atoms with Crippen molar-refractivity contribution in [2.24, 2.45) is 11.3 Å². The number of benzene rings is 2. The lowest BCUT2D eigenvalue weighted by molar-refractivity contribution is -0.136. The van der Waals surface area contributed by atoms with E-state index in [1.807, 2.05) is 13.0 Å². The van der Waals surface area contributed by atoms with Crippen LogP contribution >= 0.6 is 0 Å². The summed E-state index contributed by atoms with van der Waals surface area (Å²) in [5.41, 5.74) is 4.29. The summed E-state index contributed by atoms with van der Waals surface area (Å²) in [6, 6.07) is 9.22. The van der Waals surface area contributed by atoms with E-state index in [4.69, 9.17) is 9.47 Å². The quantitative estimate of drug-likeness (QED) is 0.217. The summed E-state index contributed by atoms with van der Waals surface area (Å²) >= 11 is 0. The second-order valence-electron chi connectivity index (χ2n) is 16.8. The van der Waals surface area contributed by atoms with E-state index in [-0.39, 0.29) is 29.9 Å². The third-order valence-corrected chi connectivity index (χ3v) is 12.9. The SMILES string of the molecule is Cc1c(-c2cc3cc(NC(=O)OC4CC5(C4)CN(CC4CCN(c6ccc7c(c6)C(=O)N(C6CCC(=O)NC6=O)C7=O)CC4)C5)ncc3cc2F)cnc2c1NCCO2. The molecule has 6 aliphatic rings. The monoisotopic (exact) mass is 802 g/mol. The second-order valence-corrected chi connectivity index (χ2v) is 16.8. The van der Waals surface area contributed by atoms with Gasteiger partial charge in [-0.1, -0.05) is 0 Å². The smallest absolute Gasteiger partial charge is 0.413 e. The van der Waals surface area contributed by atoms with Crippen LogP contribution < -0.4 is 25.6 Å². The highest BCUT2D eigenvalue weighted by Gasteiger charge is 2.54. The van der Waals surface area contributed by atoms with E-state index >= 15 is 4.39 Å². The molecule has 3 saturated heterocycles. The molecule has 7 heterocycles. The highest BCUT2D eigenvalue weighted by molar-refractivity contribution is 6.23. The molecule has 1 saturated carbocycles. The molecule has 5 aliphatic heterocycles. The Kier molecular flexibility index (Phi) is 8.99. The van der Waals surface area contributed by atoms with Gasteiger partial charge in [0.15, 0.2) is 0 Å². The highest BCUT2D eigenvalue weighted by atomic mass is 19.1. The van der Waals surface area contributed by atoms with Crippen molar-refractivity contribution < 1.29 is 37.8 Å². The lowest BCUT2D eigenvalue weighted by atomic mass is 9.61. The van der Waals surface area contributed by atoms with E-state index in [0.29, 0.717) is 58.2 Å². The standard InChI is InChI=1S/C43H43FN8O7/c1-23-32(19-47-39-37(23)45-8-11-58-39)30-12-25-14-35(46-18-26(25)13-33(30)44)48-42(57)59-28-16-43(17-28)21-50(22-43)20-24-6-9-51(10-7-24)27-2-3-29-31(15-27)41(56)52(40(29)55)34-4-5-36(53)49-38(34)54/h2-3,12-15,18-19,24,28,34,45H,4-11,16-17,20-22H2,1H3,(H,46,48,57)(H,49,53,54). The van der Waals surface area contributed by atoms with Crippen LogP contribution in [0.25, 0.3) is 21.9 Å². The number of amides is 5. The maximum atomic E-state index is 15.3. The van der Waals surface area contributed by atoms with E-state index in [0.717, 1.165) is 80.2 Å². The summed E-state index contributed by atoms with van der Waals surface area (Å²) in [5, 5.41) is 9.61. The first-order valence-electron chi connectivity index (χ1n) is 20.3. The number of halogens is 1. The minimum atomic E-state index is -0.981. The number of fused-ring (bicyclic) bond motifs is 3. The van der Waals surface area contributed by atoms with Gasteiger partial charge in [-0.2, -0.15) is 0 Å². The first-order valence-corrected chi connectivity index (χ1v) is 20.3. The van der Waals surface area contributed by atoms with Crippen LogP contribution in [0.4, 0.5) is 26.4 Å². The average molecular weight is 803 g/mol. The molecule has 304 valence electrons. The normalized spacial score (nSPS) is 21.6. The molecule has 2 aromatic heterocycles. The molecule has 5 amide bonds. The van der Waals surface area contributed by atoms with Crippen molar-refractivity contribution in [3.05, 3.63) is 71.3 Å². The van der Waals surface area contributed by atoms with Crippen molar-refractivity contribution in [3.63, 3.8) is 0 Å². The Morgan fingerprint density at radius 3 is 2.54 bits per heavy atom. The van der Waals surface area contributed by atoms with Crippen molar-refractivity contribution in [1.29, 1.82) is 0 Å². The molecule has 1 spiro atoms. The zero-order valence-electron chi connectivity index (χ0n) is 32.5. The lowest BCUT2D eigenvalue weighted by Gasteiger charge is -2.59. The van der Waals surface area contributed by atoms with E-state index in [1.54, 1.807) is 30.5 Å². The Morgan fingerprint density at radius 1 is 0.949 bits per heavy atom. The van der Waals surface area contributed by atoms with E-state index in [9.17, 15) is 24.0 Å². The fourth-order valence-corrected chi connectivity index (χ4v) is 9.89. The average Bonchev–Trinajstić information content (AvgIpc) is 3.44. The van der Waals surface area contributed by atoms with Crippen molar-refractivity contribution in [2.45, 2.75) is 57.6 Å². The number of nitrogens with zero attached hydrogens (tertiary/aromatic N) is 5. The number of carbonyl (C=O) groups is 5. The Hall–Kier alpha value is -6.16. The summed E-state index contributed by atoms with van der Waals surface area (Å²) < 4.78 is 26.7. The van der Waals surface area contributed by atoms with Crippen LogP contribution in [-0.4, -0.2) is 108 Å². The largest absolute Gasteiger partial charge is 0.474 e. The van der Waals surface area contributed by atoms with Gasteiger partial charge in [0.2, 0.25) is 17.7 Å². The topological polar surface area (TPSA) is 175 Å². The molecule has 1 unspecified atom stereocenters. The summed E-state index contributed by atoms with van der Waals surface area (Å²) in [6.07, 6.45) is 6.28. The second kappa shape index (κ2) is 14.3. The number of imide groups is 2. The van der Waals surface area contributed by atoms with E-state index < -0.39 is 41.6 Å². The molecule has 16 heteroatoms. The third-order valence-electron chi connectivity index (χ3n) is 12.9. The Labute approximate surface area is 338 Å². The van der Waals surface area contributed by atoms with E-state index in [1.165, 1.54) is 12.3 Å². The van der Waals surface area contributed by atoms with Gasteiger partial charge in [0, 0.05) is 85.7 Å². The van der Waals surface area contributed by atoms with Crippen molar-refractivity contribution in [2.75, 3.05) is 61.4 Å². The van der Waals surface area contributed by atoms with E-state index in [2.05, 4.69) is 35.7 Å². The van der Waals surface area contributed by atoms with Crippen LogP contribution in [0.1, 0.15) is 64.8 Å². The van der Waals surface area contributed by atoms with Crippen LogP contribution in [0.3, 0.4) is 0 Å². The van der Waals surface area contributed by atoms with Gasteiger partial charge in [0.25, 0.3) is 11.8 Å². The Bertz CT molecular complexity index is 2460. The number of carbonyl (C=O) groups excluding carboxylic acids is 5. The summed E-state index contributed by atoms with van der Waals surface area (Å²) in [6.45, 7) is 7.70. The number of pyridine rings is 2. The van der Waals surface area contributed by atoms with Gasteiger partial charge in [-0.3, -0.25) is 34.7 Å². The number of rotatable bonds is 7. The van der Waals surface area contributed by atoms with Gasteiger partial charge >= 0.3 is 6.09 Å². The van der Waals surface area contributed by atoms with Crippen LogP contribution in [-0.2, 0) is 14.3 Å². The van der Waals surface area contributed by atoms with Crippen molar-refractivity contribution >= 4 is 57.7 Å². The number of ether oxygens (including phenoxy) is 2. The molecular weight excluding hydrogens is 760 g/mol. The van der Waals surface area contributed by atoms with Gasteiger partial charge in [0.05, 0.1) is 11.1 Å². The molecule has 4 aromatic rings. The molecule has 2 aromatic carbocycles. The first kappa shape index (κ1) is 37.1. The summed E-state index contributed by atoms with van der Waals surface area (Å²) in [5.74, 6) is -1.03. The highest BCUT2D eigenvalue weighted by Crippen LogP contribution is 2.50. The molecule has 10 rings (SSSR count). The minimum Gasteiger partial charge on any atom is -0.474 e. The number of nitrogens with one attached hydrogen (secondary N) is 3. The molecule has 59 heavy (non-hydrogen) atoms. The maximum absolute atomic E-state index is 15.3. The zero-order valence-corrected chi connectivity index (χ0v) is 32.5. The third kappa shape index (κ3) is 6.68. The Balaban J connectivity index is 0.683. The van der Waals surface area contributed by atoms with Crippen LogP contribution in [0.5, 0.6) is 5.88 Å². The van der Waals surface area contributed by atoms with Gasteiger partial charge in [-0.15, -0.1) is 0 Å².